The first kappa shape index (κ1) is 22.4. The molecule has 3 aromatic carbocycles. The summed E-state index contributed by atoms with van der Waals surface area (Å²) >= 11 is 6.04. The molecular formula is C18H15BaClN2O4S. The summed E-state index contributed by atoms with van der Waals surface area (Å²) in [6.45, 7) is 1.86. The average Bonchev–Trinajstić information content (AvgIpc) is 2.61. The molecule has 0 aromatic heterocycles. The van der Waals surface area contributed by atoms with Gasteiger partial charge in [0, 0.05) is 64.7 Å². The normalized spacial score (nSPS) is 11.7. The summed E-state index contributed by atoms with van der Waals surface area (Å²) in [5, 5.41) is 19.6. The molecule has 0 aliphatic heterocycles. The van der Waals surface area contributed by atoms with Crippen LogP contribution in [0.1, 0.15) is 12.5 Å². The fraction of sp³-hybridized carbons (Fsp3) is 0.111. The number of aryl methyl sites for hydroxylation is 1. The largest absolute Gasteiger partial charge is 0.507 e. The summed E-state index contributed by atoms with van der Waals surface area (Å²) in [6.07, 6.45) is 0.565. The fourth-order valence-corrected chi connectivity index (χ4v) is 3.60. The molecule has 136 valence electrons. The third kappa shape index (κ3) is 4.93. The first-order valence-electron chi connectivity index (χ1n) is 7.73. The minimum Gasteiger partial charge on any atom is -0.507 e. The maximum Gasteiger partial charge on any atom is 0.296 e. The van der Waals surface area contributed by atoms with Crippen LogP contribution >= 0.6 is 11.6 Å². The third-order valence-corrected chi connectivity index (χ3v) is 5.16. The second-order valence-corrected chi connectivity index (χ2v) is 7.39. The van der Waals surface area contributed by atoms with E-state index < -0.39 is 15.0 Å². The van der Waals surface area contributed by atoms with E-state index in [0.29, 0.717) is 28.4 Å². The Labute approximate surface area is 202 Å². The molecule has 27 heavy (non-hydrogen) atoms. The zero-order valence-electron chi connectivity index (χ0n) is 14.4. The predicted molar refractivity (Wildman–Crippen MR) is 106 cm³/mol. The first-order chi connectivity index (χ1) is 12.3. The van der Waals surface area contributed by atoms with Gasteiger partial charge in [-0.25, -0.2) is 0 Å². The van der Waals surface area contributed by atoms with Crippen molar-refractivity contribution in [2.45, 2.75) is 18.2 Å². The number of azo groups is 1. The van der Waals surface area contributed by atoms with Crippen LogP contribution in [0.3, 0.4) is 0 Å². The molecule has 3 aromatic rings. The molecule has 0 spiro atoms. The van der Waals surface area contributed by atoms with Gasteiger partial charge in [-0.2, -0.15) is 8.42 Å². The Kier molecular flexibility index (Phi) is 7.51. The van der Waals surface area contributed by atoms with Crippen LogP contribution < -0.4 is 0 Å². The standard InChI is InChI=1S/C18H15ClN2O4S.Ba/c1-2-11-9-16(18(10-14(11)19)26(23,24)25)21-20-15-7-8-17(22)13-6-4-3-5-12(13)15;/h3-10,22H,2H2,1H3,(H,23,24,25);. The molecule has 3 rings (SSSR count). The van der Waals surface area contributed by atoms with Crippen LogP contribution in [-0.2, 0) is 16.5 Å². The van der Waals surface area contributed by atoms with Crippen LogP contribution in [0.4, 0.5) is 11.4 Å². The van der Waals surface area contributed by atoms with Gasteiger partial charge in [-0.3, -0.25) is 4.55 Å². The molecule has 0 atom stereocenters. The van der Waals surface area contributed by atoms with E-state index in [4.69, 9.17) is 11.6 Å². The Morgan fingerprint density at radius 2 is 1.63 bits per heavy atom. The molecule has 0 amide bonds. The van der Waals surface area contributed by atoms with Crippen molar-refractivity contribution in [2.75, 3.05) is 0 Å². The van der Waals surface area contributed by atoms with Crippen LogP contribution in [0.15, 0.2) is 63.7 Å². The van der Waals surface area contributed by atoms with Crippen molar-refractivity contribution >= 4 is 92.7 Å². The van der Waals surface area contributed by atoms with E-state index in [-0.39, 0.29) is 65.3 Å². The van der Waals surface area contributed by atoms with Crippen LogP contribution in [0.5, 0.6) is 5.75 Å². The van der Waals surface area contributed by atoms with E-state index >= 15 is 0 Å². The van der Waals surface area contributed by atoms with Crippen LogP contribution in [0.2, 0.25) is 5.02 Å². The van der Waals surface area contributed by atoms with E-state index in [1.54, 1.807) is 30.3 Å². The Bertz CT molecular complexity index is 1130. The van der Waals surface area contributed by atoms with E-state index in [2.05, 4.69) is 10.2 Å². The van der Waals surface area contributed by atoms with E-state index in [1.165, 1.54) is 18.2 Å². The van der Waals surface area contributed by atoms with Crippen molar-refractivity contribution in [2.24, 2.45) is 10.2 Å². The maximum atomic E-state index is 11.6. The molecule has 0 unspecified atom stereocenters. The van der Waals surface area contributed by atoms with Gasteiger partial charge in [0.1, 0.15) is 16.3 Å². The molecule has 0 heterocycles. The van der Waals surface area contributed by atoms with Gasteiger partial charge in [0.05, 0.1) is 5.69 Å². The van der Waals surface area contributed by atoms with E-state index in [9.17, 15) is 18.1 Å². The van der Waals surface area contributed by atoms with Gasteiger partial charge in [-0.1, -0.05) is 42.8 Å². The Balaban J connectivity index is 0.00000261. The summed E-state index contributed by atoms with van der Waals surface area (Å²) in [6, 6.07) is 12.8. The molecule has 6 nitrogen and oxygen atoms in total. The first-order valence-corrected chi connectivity index (χ1v) is 9.55. The van der Waals surface area contributed by atoms with Crippen molar-refractivity contribution in [1.29, 1.82) is 0 Å². The Morgan fingerprint density at radius 3 is 2.26 bits per heavy atom. The van der Waals surface area contributed by atoms with Crippen LogP contribution in [-0.4, -0.2) is 67.0 Å². The molecule has 2 radical (unpaired) electrons. The number of rotatable bonds is 4. The van der Waals surface area contributed by atoms with Gasteiger partial charge in [-0.15, -0.1) is 10.2 Å². The predicted octanol–water partition coefficient (Wildman–Crippen LogP) is 5.04. The van der Waals surface area contributed by atoms with Crippen molar-refractivity contribution in [3.05, 3.63) is 59.1 Å². The summed E-state index contributed by atoms with van der Waals surface area (Å²) in [5.41, 5.74) is 1.13. The number of benzene rings is 3. The van der Waals surface area contributed by atoms with Crippen molar-refractivity contribution in [3.8, 4) is 5.75 Å². The molecule has 0 fully saturated rings. The van der Waals surface area contributed by atoms with Crippen molar-refractivity contribution in [1.82, 2.24) is 0 Å². The number of phenols is 1. The fourth-order valence-electron chi connectivity index (χ4n) is 2.60. The van der Waals surface area contributed by atoms with Gasteiger partial charge < -0.3 is 5.11 Å². The Morgan fingerprint density at radius 1 is 1.00 bits per heavy atom. The number of aromatic hydroxyl groups is 1. The quantitative estimate of drug-likeness (QED) is 0.282. The second kappa shape index (κ2) is 9.06. The zero-order chi connectivity index (χ0) is 18.9. The SMILES string of the molecule is CCc1cc(N=Nc2ccc(O)c3ccccc23)c(S(=O)(=O)O)cc1Cl.[Ba]. The van der Waals surface area contributed by atoms with Gasteiger partial charge in [0.15, 0.2) is 0 Å². The van der Waals surface area contributed by atoms with Gasteiger partial charge >= 0.3 is 0 Å². The summed E-state index contributed by atoms with van der Waals surface area (Å²) in [5.74, 6) is 0.109. The average molecular weight is 528 g/mol. The number of nitrogens with zero attached hydrogens (tertiary/aromatic N) is 2. The second-order valence-electron chi connectivity index (χ2n) is 5.59. The molecule has 0 bridgehead atoms. The molecule has 0 aliphatic rings. The van der Waals surface area contributed by atoms with Crippen LogP contribution in [0.25, 0.3) is 10.8 Å². The minimum absolute atomic E-state index is 0. The van der Waals surface area contributed by atoms with Crippen molar-refractivity contribution in [3.63, 3.8) is 0 Å². The number of fused-ring (bicyclic) bond motifs is 1. The molecule has 9 heteroatoms. The van der Waals surface area contributed by atoms with Crippen molar-refractivity contribution < 1.29 is 18.1 Å². The topological polar surface area (TPSA) is 99.3 Å². The molecule has 2 N–H and O–H groups in total. The van der Waals surface area contributed by atoms with E-state index in [1.807, 2.05) is 6.92 Å². The number of hydrogen-bond acceptors (Lipinski definition) is 5. The van der Waals surface area contributed by atoms with Gasteiger partial charge in [-0.05, 0) is 36.2 Å². The summed E-state index contributed by atoms with van der Waals surface area (Å²) < 4.78 is 32.7. The summed E-state index contributed by atoms with van der Waals surface area (Å²) in [4.78, 5) is -0.411. The number of hydrogen-bond donors (Lipinski definition) is 2. The summed E-state index contributed by atoms with van der Waals surface area (Å²) in [7, 11) is -4.51. The Hall–Kier alpha value is -0.909. The molecule has 0 saturated heterocycles. The molecule has 0 saturated carbocycles. The zero-order valence-corrected chi connectivity index (χ0v) is 20.4. The minimum atomic E-state index is -4.51. The van der Waals surface area contributed by atoms with Gasteiger partial charge in [0.2, 0.25) is 0 Å². The smallest absolute Gasteiger partial charge is 0.296 e. The third-order valence-electron chi connectivity index (χ3n) is 3.93. The van der Waals surface area contributed by atoms with Crippen LogP contribution in [0, 0.1) is 0 Å². The maximum absolute atomic E-state index is 11.6. The number of halogens is 1. The molecule has 0 aliphatic carbocycles. The monoisotopic (exact) mass is 528 g/mol. The number of phenolic OH excluding ortho intramolecular Hbond substituents is 1. The van der Waals surface area contributed by atoms with Gasteiger partial charge in [0.25, 0.3) is 10.1 Å². The molecular weight excluding hydrogens is 513 g/mol. The van der Waals surface area contributed by atoms with E-state index in [0.717, 1.165) is 0 Å².